The second-order valence-electron chi connectivity index (χ2n) is 8.07. The van der Waals surface area contributed by atoms with Crippen LogP contribution in [0.4, 0.5) is 0 Å². The van der Waals surface area contributed by atoms with E-state index in [9.17, 15) is 16.4 Å². The van der Waals surface area contributed by atoms with Gasteiger partial charge in [0.05, 0.1) is 14.0 Å². The van der Waals surface area contributed by atoms with Crippen molar-refractivity contribution >= 4 is 32.6 Å². The van der Waals surface area contributed by atoms with Crippen LogP contribution in [0.25, 0.3) is 10.9 Å². The fourth-order valence-corrected chi connectivity index (χ4v) is 5.79. The normalized spacial score (nSPS) is 28.2. The summed E-state index contributed by atoms with van der Waals surface area (Å²) in [5.41, 5.74) is 4.42. The predicted octanol–water partition coefficient (Wildman–Crippen LogP) is 3.88. The Morgan fingerprint density at radius 2 is 2.24 bits per heavy atom. The summed E-state index contributed by atoms with van der Waals surface area (Å²) in [5.74, 6) is -0.0229. The van der Waals surface area contributed by atoms with E-state index in [-0.39, 0.29) is 24.2 Å². The highest BCUT2D eigenvalue weighted by atomic mass is 79.9. The van der Waals surface area contributed by atoms with Gasteiger partial charge in [-0.15, -0.1) is 0 Å². The molecule has 0 bridgehead atoms. The van der Waals surface area contributed by atoms with E-state index in [4.69, 9.17) is 0 Å². The lowest BCUT2D eigenvalue weighted by molar-refractivity contribution is -0.119. The molecule has 1 aromatic carbocycles. The van der Waals surface area contributed by atoms with Crippen LogP contribution in [-0.4, -0.2) is 45.6 Å². The van der Waals surface area contributed by atoms with Gasteiger partial charge >= 0.3 is 0 Å². The number of aromatic nitrogens is 1. The summed E-state index contributed by atoms with van der Waals surface area (Å²) in [6.45, 7) is 4.97. The Kier molecular flexibility index (Phi) is 5.61. The number of carbonyl (C=O) groups is 1. The number of halogens is 1. The number of nitrogens with one attached hydrogen (secondary N) is 1. The summed E-state index contributed by atoms with van der Waals surface area (Å²) in [5, 5.41) is 20.4. The van der Waals surface area contributed by atoms with Crippen molar-refractivity contribution in [3.8, 4) is 0 Å². The molecule has 2 aliphatic heterocycles. The first kappa shape index (κ1) is 19.5. The van der Waals surface area contributed by atoms with E-state index in [0.29, 0.717) is 12.0 Å². The molecule has 1 saturated heterocycles. The summed E-state index contributed by atoms with van der Waals surface area (Å²) in [6.07, 6.45) is 4.08. The summed E-state index contributed by atoms with van der Waals surface area (Å²) >= 11 is 3.52. The lowest BCUT2D eigenvalue weighted by Crippen LogP contribution is -2.47. The number of ketones is 1. The molecule has 0 aliphatic carbocycles. The fraction of sp³-hybridized carbons (Fsp3) is 0.522. The van der Waals surface area contributed by atoms with Crippen molar-refractivity contribution in [1.29, 1.82) is 0 Å². The topological polar surface area (TPSA) is 76.6 Å². The molecule has 0 unspecified atom stereocenters. The number of H-pyrrole nitrogens is 1. The van der Waals surface area contributed by atoms with Crippen molar-refractivity contribution in [2.24, 2.45) is 11.8 Å². The summed E-state index contributed by atoms with van der Waals surface area (Å²) in [6, 6.07) is 2.97. The maximum atomic E-state index is 12.4. The van der Waals surface area contributed by atoms with E-state index in [1.54, 1.807) is 0 Å². The number of nitrogens with zero attached hydrogens (tertiary/aromatic N) is 1. The Morgan fingerprint density at radius 3 is 2.90 bits per heavy atom. The highest BCUT2D eigenvalue weighted by molar-refractivity contribution is 9.10. The van der Waals surface area contributed by atoms with Crippen LogP contribution in [0.2, 0.25) is 0 Å². The highest BCUT2D eigenvalue weighted by Gasteiger charge is 2.41. The molecule has 0 saturated carbocycles. The Hall–Kier alpha value is -1.47. The number of aliphatic hydroxyl groups excluding tert-OH is 2. The summed E-state index contributed by atoms with van der Waals surface area (Å²) in [7, 11) is 0. The summed E-state index contributed by atoms with van der Waals surface area (Å²) < 4.78 is 10.4. The Labute approximate surface area is 181 Å². The molecular formula is C23H29BrN2O3. The van der Waals surface area contributed by atoms with Gasteiger partial charge in [-0.25, -0.2) is 0 Å². The monoisotopic (exact) mass is 461 g/mol. The zero-order valence-corrected chi connectivity index (χ0v) is 18.6. The van der Waals surface area contributed by atoms with Gasteiger partial charge in [0, 0.05) is 34.2 Å². The van der Waals surface area contributed by atoms with E-state index in [1.165, 1.54) is 0 Å². The van der Waals surface area contributed by atoms with E-state index >= 15 is 0 Å². The van der Waals surface area contributed by atoms with E-state index in [1.807, 2.05) is 25.1 Å². The van der Waals surface area contributed by atoms with Gasteiger partial charge in [-0.3, -0.25) is 9.69 Å². The number of allylic oxidation sites excluding steroid dienone is 1. The first-order valence-electron chi connectivity index (χ1n) is 10.9. The lowest BCUT2D eigenvalue weighted by Gasteiger charge is -2.46. The van der Waals surface area contributed by atoms with Gasteiger partial charge in [-0.05, 0) is 60.4 Å². The van der Waals surface area contributed by atoms with Gasteiger partial charge < -0.3 is 15.2 Å². The second kappa shape index (κ2) is 8.34. The van der Waals surface area contributed by atoms with Crippen molar-refractivity contribution in [3.63, 3.8) is 0 Å². The number of Topliss-reactive ketones (excluding diaryl/α,β-unsaturated/α-hetero) is 1. The first-order valence-corrected chi connectivity index (χ1v) is 11.2. The number of rotatable bonds is 5. The van der Waals surface area contributed by atoms with Crippen molar-refractivity contribution in [2.45, 2.75) is 45.7 Å². The number of hydrogen-bond acceptors (Lipinski definition) is 4. The van der Waals surface area contributed by atoms with Crippen LogP contribution >= 0.6 is 15.9 Å². The average molecular weight is 462 g/mol. The van der Waals surface area contributed by atoms with E-state index in [2.05, 4.69) is 32.7 Å². The number of benzene rings is 1. The third kappa shape index (κ3) is 3.50. The molecular weight excluding hydrogens is 432 g/mol. The SMILES string of the molecule is [2H][C@@]12C[C@H](/C(=C\C)C(=O)CO)[C@H](CC)CN1CCc1c2[nH]c2cc(Br)cc(CO)c12. The van der Waals surface area contributed by atoms with Gasteiger partial charge in [0.1, 0.15) is 6.61 Å². The van der Waals surface area contributed by atoms with Crippen molar-refractivity contribution in [1.82, 2.24) is 9.88 Å². The van der Waals surface area contributed by atoms with Gasteiger partial charge in [0.25, 0.3) is 0 Å². The third-order valence-electron chi connectivity index (χ3n) is 6.66. The molecule has 0 spiro atoms. The van der Waals surface area contributed by atoms with Gasteiger partial charge in [-0.2, -0.15) is 0 Å². The molecule has 6 heteroatoms. The Morgan fingerprint density at radius 1 is 1.45 bits per heavy atom. The Balaban J connectivity index is 1.84. The minimum Gasteiger partial charge on any atom is -0.392 e. The zero-order chi connectivity index (χ0) is 21.6. The molecule has 4 rings (SSSR count). The Bertz CT molecular complexity index is 1020. The number of fused-ring (bicyclic) bond motifs is 5. The fourth-order valence-electron chi connectivity index (χ4n) is 5.28. The molecule has 1 fully saturated rings. The van der Waals surface area contributed by atoms with Crippen LogP contribution in [0.15, 0.2) is 28.3 Å². The van der Waals surface area contributed by atoms with Gasteiger partial charge in [0.15, 0.2) is 5.78 Å². The number of aliphatic hydroxyl groups is 2. The molecule has 3 N–H and O–H groups in total. The van der Waals surface area contributed by atoms with Crippen LogP contribution in [0.5, 0.6) is 0 Å². The van der Waals surface area contributed by atoms with Crippen LogP contribution in [-0.2, 0) is 17.8 Å². The van der Waals surface area contributed by atoms with Gasteiger partial charge in [0.2, 0.25) is 0 Å². The van der Waals surface area contributed by atoms with Crippen molar-refractivity contribution in [2.75, 3.05) is 19.7 Å². The zero-order valence-electron chi connectivity index (χ0n) is 18.0. The summed E-state index contributed by atoms with van der Waals surface area (Å²) in [4.78, 5) is 18.2. The maximum Gasteiger partial charge on any atom is 0.184 e. The maximum absolute atomic E-state index is 12.4. The lowest BCUT2D eigenvalue weighted by atomic mass is 9.73. The van der Waals surface area contributed by atoms with Crippen LogP contribution in [0.3, 0.4) is 0 Å². The third-order valence-corrected chi connectivity index (χ3v) is 7.12. The smallest absolute Gasteiger partial charge is 0.184 e. The van der Waals surface area contributed by atoms with Crippen LogP contribution in [0.1, 0.15) is 50.9 Å². The number of aromatic amines is 1. The molecule has 3 heterocycles. The highest BCUT2D eigenvalue weighted by Crippen LogP contribution is 2.46. The van der Waals surface area contributed by atoms with Crippen molar-refractivity contribution < 1.29 is 16.4 Å². The molecule has 3 atom stereocenters. The molecule has 0 radical (unpaired) electrons. The van der Waals surface area contributed by atoms with Crippen molar-refractivity contribution in [3.05, 3.63) is 45.1 Å². The van der Waals surface area contributed by atoms with E-state index < -0.39 is 12.6 Å². The molecule has 156 valence electrons. The predicted molar refractivity (Wildman–Crippen MR) is 118 cm³/mol. The number of hydrogen-bond donors (Lipinski definition) is 3. The van der Waals surface area contributed by atoms with E-state index in [0.717, 1.165) is 58.1 Å². The minimum absolute atomic E-state index is 0.0524. The molecule has 0 amide bonds. The number of carbonyl (C=O) groups excluding carboxylic acids is 1. The minimum atomic E-state index is -0.966. The van der Waals surface area contributed by atoms with Gasteiger partial charge in [-0.1, -0.05) is 35.4 Å². The second-order valence-corrected chi connectivity index (χ2v) is 8.99. The molecule has 5 nitrogen and oxygen atoms in total. The van der Waals surface area contributed by atoms with Crippen LogP contribution in [0, 0.1) is 11.8 Å². The molecule has 2 aliphatic rings. The largest absolute Gasteiger partial charge is 0.392 e. The van der Waals surface area contributed by atoms with Crippen LogP contribution < -0.4 is 0 Å². The quantitative estimate of drug-likeness (QED) is 0.590. The number of piperidine rings is 1. The first-order chi connectivity index (χ1) is 14.4. The molecule has 1 aromatic heterocycles. The molecule has 2 aromatic rings. The molecule has 29 heavy (non-hydrogen) atoms. The average Bonchev–Trinajstić information content (AvgIpc) is 3.12. The standard InChI is InChI=1S/C23H29BrN2O3/c1-3-13-10-26-6-5-17-22-14(11-27)7-15(24)8-19(22)25-23(17)20(26)9-18(13)16(4-2)21(29)12-28/h4,7-8,13,18,20,25,27-28H,3,5-6,9-12H2,1-2H3/b16-4+/t13-,18+,20+/m1/s1/i20D.